The number of furan rings is 1. The van der Waals surface area contributed by atoms with Crippen molar-refractivity contribution in [3.05, 3.63) is 29.7 Å². The van der Waals surface area contributed by atoms with Crippen LogP contribution in [0.4, 0.5) is 5.82 Å². The largest absolute Gasteiger partial charge is 0.458 e. The van der Waals surface area contributed by atoms with E-state index in [1.165, 1.54) is 0 Å². The maximum absolute atomic E-state index is 5.55. The lowest BCUT2D eigenvalue weighted by molar-refractivity contribution is 0.544. The van der Waals surface area contributed by atoms with Gasteiger partial charge in [0.05, 0.1) is 0 Å². The summed E-state index contributed by atoms with van der Waals surface area (Å²) >= 11 is 0. The molecule has 0 aromatic carbocycles. The predicted octanol–water partition coefficient (Wildman–Crippen LogP) is 3.04. The molecule has 1 N–H and O–H groups in total. The quantitative estimate of drug-likeness (QED) is 0.878. The molecule has 0 aliphatic carbocycles. The summed E-state index contributed by atoms with van der Waals surface area (Å²) in [7, 11) is 0. The van der Waals surface area contributed by atoms with E-state index < -0.39 is 0 Å². The number of aromatic nitrogens is 2. The molecule has 0 amide bonds. The molecular formula is C13H17N3O. The maximum Gasteiger partial charge on any atom is 0.197 e. The van der Waals surface area contributed by atoms with Gasteiger partial charge in [0.25, 0.3) is 0 Å². The third kappa shape index (κ3) is 2.64. The van der Waals surface area contributed by atoms with E-state index in [2.05, 4.69) is 22.2 Å². The fourth-order valence-electron chi connectivity index (χ4n) is 1.62. The molecule has 0 atom stereocenters. The lowest BCUT2D eigenvalue weighted by atomic mass is 10.3. The summed E-state index contributed by atoms with van der Waals surface area (Å²) in [4.78, 5) is 8.91. The summed E-state index contributed by atoms with van der Waals surface area (Å²) < 4.78 is 5.55. The zero-order valence-corrected chi connectivity index (χ0v) is 10.4. The Morgan fingerprint density at radius 2 is 2.06 bits per heavy atom. The van der Waals surface area contributed by atoms with E-state index in [1.54, 1.807) is 0 Å². The van der Waals surface area contributed by atoms with Crippen molar-refractivity contribution in [3.8, 4) is 11.6 Å². The lowest BCUT2D eigenvalue weighted by Gasteiger charge is -2.06. The Morgan fingerprint density at radius 1 is 1.24 bits per heavy atom. The minimum atomic E-state index is 0.647. The van der Waals surface area contributed by atoms with Crippen LogP contribution in [0.2, 0.25) is 0 Å². The SMILES string of the molecule is CCNc1cc(CC)nc(-c2ccc(C)o2)n1. The van der Waals surface area contributed by atoms with Crippen LogP contribution in [-0.4, -0.2) is 16.5 Å². The smallest absolute Gasteiger partial charge is 0.197 e. The molecule has 0 aliphatic heterocycles. The number of hydrogen-bond donors (Lipinski definition) is 1. The topological polar surface area (TPSA) is 51.0 Å². The van der Waals surface area contributed by atoms with Gasteiger partial charge in [0.1, 0.15) is 11.6 Å². The van der Waals surface area contributed by atoms with Crippen molar-refractivity contribution in [3.63, 3.8) is 0 Å². The monoisotopic (exact) mass is 231 g/mol. The normalized spacial score (nSPS) is 10.5. The molecular weight excluding hydrogens is 214 g/mol. The molecule has 0 fully saturated rings. The van der Waals surface area contributed by atoms with E-state index in [0.717, 1.165) is 36.0 Å². The van der Waals surface area contributed by atoms with Crippen molar-refractivity contribution >= 4 is 5.82 Å². The molecule has 2 rings (SSSR count). The highest BCUT2D eigenvalue weighted by Gasteiger charge is 2.09. The first-order valence-electron chi connectivity index (χ1n) is 5.91. The average Bonchev–Trinajstić information content (AvgIpc) is 2.76. The van der Waals surface area contributed by atoms with Gasteiger partial charge in [0, 0.05) is 18.3 Å². The Hall–Kier alpha value is -1.84. The molecule has 90 valence electrons. The van der Waals surface area contributed by atoms with Gasteiger partial charge in [-0.1, -0.05) is 6.92 Å². The van der Waals surface area contributed by atoms with Crippen molar-refractivity contribution in [2.45, 2.75) is 27.2 Å². The van der Waals surface area contributed by atoms with Crippen LogP contribution in [0.5, 0.6) is 0 Å². The van der Waals surface area contributed by atoms with Crippen molar-refractivity contribution in [2.24, 2.45) is 0 Å². The number of aryl methyl sites for hydroxylation is 2. The van der Waals surface area contributed by atoms with Gasteiger partial charge < -0.3 is 9.73 Å². The molecule has 0 aliphatic rings. The third-order valence-electron chi connectivity index (χ3n) is 2.46. The number of nitrogens with one attached hydrogen (secondary N) is 1. The van der Waals surface area contributed by atoms with Gasteiger partial charge in [0.2, 0.25) is 0 Å². The highest BCUT2D eigenvalue weighted by atomic mass is 16.3. The van der Waals surface area contributed by atoms with Crippen LogP contribution in [-0.2, 0) is 6.42 Å². The highest BCUT2D eigenvalue weighted by Crippen LogP contribution is 2.20. The number of hydrogen-bond acceptors (Lipinski definition) is 4. The van der Waals surface area contributed by atoms with Crippen LogP contribution in [0.1, 0.15) is 25.3 Å². The summed E-state index contributed by atoms with van der Waals surface area (Å²) in [6.07, 6.45) is 0.883. The minimum Gasteiger partial charge on any atom is -0.458 e. The van der Waals surface area contributed by atoms with Crippen LogP contribution < -0.4 is 5.32 Å². The summed E-state index contributed by atoms with van der Waals surface area (Å²) in [6.45, 7) is 6.88. The van der Waals surface area contributed by atoms with Gasteiger partial charge in [-0.15, -0.1) is 0 Å². The first-order chi connectivity index (χ1) is 8.22. The average molecular weight is 231 g/mol. The second-order valence-electron chi connectivity index (χ2n) is 3.86. The molecule has 4 nitrogen and oxygen atoms in total. The lowest BCUT2D eigenvalue weighted by Crippen LogP contribution is -2.03. The van der Waals surface area contributed by atoms with Crippen molar-refractivity contribution in [1.29, 1.82) is 0 Å². The predicted molar refractivity (Wildman–Crippen MR) is 68.0 cm³/mol. The number of nitrogens with zero attached hydrogens (tertiary/aromatic N) is 2. The fourth-order valence-corrected chi connectivity index (χ4v) is 1.62. The van der Waals surface area contributed by atoms with Crippen LogP contribution >= 0.6 is 0 Å². The summed E-state index contributed by atoms with van der Waals surface area (Å²) in [5.41, 5.74) is 1.01. The van der Waals surface area contributed by atoms with Gasteiger partial charge in [0.15, 0.2) is 11.6 Å². The highest BCUT2D eigenvalue weighted by molar-refractivity contribution is 5.51. The molecule has 0 bridgehead atoms. The standard InChI is InChI=1S/C13H17N3O/c1-4-10-8-12(14-5-2)16-13(15-10)11-7-6-9(3)17-11/h6-8H,4-5H2,1-3H3,(H,14,15,16). The van der Waals surface area contributed by atoms with Gasteiger partial charge in [-0.2, -0.15) is 0 Å². The van der Waals surface area contributed by atoms with E-state index in [9.17, 15) is 0 Å². The molecule has 0 spiro atoms. The summed E-state index contributed by atoms with van der Waals surface area (Å²) in [5, 5.41) is 3.21. The number of rotatable bonds is 4. The van der Waals surface area contributed by atoms with E-state index in [0.29, 0.717) is 5.82 Å². The van der Waals surface area contributed by atoms with Crippen LogP contribution in [0.3, 0.4) is 0 Å². The second-order valence-corrected chi connectivity index (χ2v) is 3.86. The molecule has 0 unspecified atom stereocenters. The zero-order valence-electron chi connectivity index (χ0n) is 10.4. The molecule has 0 radical (unpaired) electrons. The Balaban J connectivity index is 2.42. The minimum absolute atomic E-state index is 0.647. The van der Waals surface area contributed by atoms with Gasteiger partial charge in [-0.05, 0) is 32.4 Å². The Bertz CT molecular complexity index is 505. The van der Waals surface area contributed by atoms with Crippen LogP contribution in [0.15, 0.2) is 22.6 Å². The van der Waals surface area contributed by atoms with E-state index >= 15 is 0 Å². The van der Waals surface area contributed by atoms with Crippen LogP contribution in [0, 0.1) is 6.92 Å². The molecule has 2 heterocycles. The second kappa shape index (κ2) is 4.99. The summed E-state index contributed by atoms with van der Waals surface area (Å²) in [5.74, 6) is 3.09. The molecule has 0 saturated heterocycles. The third-order valence-corrected chi connectivity index (χ3v) is 2.46. The first kappa shape index (κ1) is 11.6. The molecule has 2 aromatic heterocycles. The molecule has 0 saturated carbocycles. The maximum atomic E-state index is 5.55. The van der Waals surface area contributed by atoms with Crippen LogP contribution in [0.25, 0.3) is 11.6 Å². The molecule has 4 heteroatoms. The van der Waals surface area contributed by atoms with Gasteiger partial charge in [-0.25, -0.2) is 9.97 Å². The summed E-state index contributed by atoms with van der Waals surface area (Å²) in [6, 6.07) is 5.80. The van der Waals surface area contributed by atoms with E-state index in [1.807, 2.05) is 32.0 Å². The van der Waals surface area contributed by atoms with Gasteiger partial charge >= 0.3 is 0 Å². The van der Waals surface area contributed by atoms with Crippen molar-refractivity contribution < 1.29 is 4.42 Å². The first-order valence-corrected chi connectivity index (χ1v) is 5.91. The number of anilines is 1. The van der Waals surface area contributed by atoms with Crippen molar-refractivity contribution in [2.75, 3.05) is 11.9 Å². The Morgan fingerprint density at radius 3 is 2.65 bits per heavy atom. The Labute approximate surface area is 101 Å². The van der Waals surface area contributed by atoms with E-state index in [4.69, 9.17) is 4.42 Å². The molecule has 17 heavy (non-hydrogen) atoms. The fraction of sp³-hybridized carbons (Fsp3) is 0.385. The molecule has 2 aromatic rings. The Kier molecular flexibility index (Phi) is 3.42. The van der Waals surface area contributed by atoms with E-state index in [-0.39, 0.29) is 0 Å². The van der Waals surface area contributed by atoms with Gasteiger partial charge in [-0.3, -0.25) is 0 Å². The zero-order chi connectivity index (χ0) is 12.3. The van der Waals surface area contributed by atoms with Crippen molar-refractivity contribution in [1.82, 2.24) is 9.97 Å².